The van der Waals surface area contributed by atoms with Crippen LogP contribution in [0.2, 0.25) is 0 Å². The van der Waals surface area contributed by atoms with Gasteiger partial charge < -0.3 is 0 Å². The standard InChI is InChI=1S/C13H11N/c1-9-3-4-11-6-10(2)13(8-14)7-12(11)5-9/h3-7H,1-2H3. The van der Waals surface area contributed by atoms with Gasteiger partial charge in [0.15, 0.2) is 0 Å². The molecule has 0 saturated carbocycles. The molecule has 0 fully saturated rings. The molecule has 14 heavy (non-hydrogen) atoms. The summed E-state index contributed by atoms with van der Waals surface area (Å²) < 4.78 is 0. The molecule has 0 aliphatic carbocycles. The predicted octanol–water partition coefficient (Wildman–Crippen LogP) is 3.33. The summed E-state index contributed by atoms with van der Waals surface area (Å²) in [6.07, 6.45) is 0. The molecular weight excluding hydrogens is 170 g/mol. The molecule has 0 aromatic heterocycles. The quantitative estimate of drug-likeness (QED) is 0.611. The fourth-order valence-corrected chi connectivity index (χ4v) is 1.65. The number of nitrogens with zero attached hydrogens (tertiary/aromatic N) is 1. The Morgan fingerprint density at radius 1 is 1.00 bits per heavy atom. The van der Waals surface area contributed by atoms with Gasteiger partial charge in [-0.1, -0.05) is 29.8 Å². The van der Waals surface area contributed by atoms with Crippen molar-refractivity contribution < 1.29 is 0 Å². The van der Waals surface area contributed by atoms with Gasteiger partial charge in [0.1, 0.15) is 0 Å². The van der Waals surface area contributed by atoms with Crippen LogP contribution in [0.25, 0.3) is 10.8 Å². The number of hydrogen-bond acceptors (Lipinski definition) is 1. The maximum absolute atomic E-state index is 8.90. The summed E-state index contributed by atoms with van der Waals surface area (Å²) in [7, 11) is 0. The molecule has 0 spiro atoms. The van der Waals surface area contributed by atoms with Gasteiger partial charge in [-0.05, 0) is 36.2 Å². The minimum atomic E-state index is 0.767. The highest BCUT2D eigenvalue weighted by Crippen LogP contribution is 2.20. The van der Waals surface area contributed by atoms with Gasteiger partial charge in [0.25, 0.3) is 0 Å². The average molecular weight is 181 g/mol. The van der Waals surface area contributed by atoms with Gasteiger partial charge in [0.05, 0.1) is 11.6 Å². The first-order valence-corrected chi connectivity index (χ1v) is 4.62. The highest BCUT2D eigenvalue weighted by molar-refractivity contribution is 5.85. The van der Waals surface area contributed by atoms with Crippen LogP contribution >= 0.6 is 0 Å². The van der Waals surface area contributed by atoms with Crippen LogP contribution in [0.5, 0.6) is 0 Å². The zero-order chi connectivity index (χ0) is 10.1. The summed E-state index contributed by atoms with van der Waals surface area (Å²) >= 11 is 0. The van der Waals surface area contributed by atoms with E-state index in [1.165, 1.54) is 10.9 Å². The zero-order valence-corrected chi connectivity index (χ0v) is 8.33. The zero-order valence-electron chi connectivity index (χ0n) is 8.33. The summed E-state index contributed by atoms with van der Waals surface area (Å²) in [5, 5.41) is 11.2. The monoisotopic (exact) mass is 181 g/mol. The molecule has 2 aromatic rings. The van der Waals surface area contributed by atoms with E-state index in [-0.39, 0.29) is 0 Å². The third-order valence-electron chi connectivity index (χ3n) is 2.46. The SMILES string of the molecule is Cc1ccc2cc(C)c(C#N)cc2c1. The van der Waals surface area contributed by atoms with Crippen LogP contribution in [0.4, 0.5) is 0 Å². The summed E-state index contributed by atoms with van der Waals surface area (Å²) in [4.78, 5) is 0. The lowest BCUT2D eigenvalue weighted by Crippen LogP contribution is -1.83. The molecule has 1 nitrogen and oxygen atoms in total. The van der Waals surface area contributed by atoms with Gasteiger partial charge in [-0.2, -0.15) is 5.26 Å². The van der Waals surface area contributed by atoms with Crippen LogP contribution in [-0.2, 0) is 0 Å². The fourth-order valence-electron chi connectivity index (χ4n) is 1.65. The topological polar surface area (TPSA) is 23.8 Å². The number of nitriles is 1. The Bertz CT molecular complexity index is 533. The molecule has 0 unspecified atom stereocenters. The number of rotatable bonds is 0. The highest BCUT2D eigenvalue weighted by atomic mass is 14.2. The van der Waals surface area contributed by atoms with E-state index in [4.69, 9.17) is 5.26 Å². The maximum atomic E-state index is 8.90. The van der Waals surface area contributed by atoms with Gasteiger partial charge in [-0.3, -0.25) is 0 Å². The molecule has 0 radical (unpaired) electrons. The van der Waals surface area contributed by atoms with Crippen LogP contribution in [0.15, 0.2) is 30.3 Å². The van der Waals surface area contributed by atoms with E-state index in [1.54, 1.807) is 0 Å². The van der Waals surface area contributed by atoms with Gasteiger partial charge in [-0.15, -0.1) is 0 Å². The Hall–Kier alpha value is -1.81. The van der Waals surface area contributed by atoms with Crippen molar-refractivity contribution in [2.45, 2.75) is 13.8 Å². The molecule has 2 rings (SSSR count). The average Bonchev–Trinajstić information content (AvgIpc) is 2.17. The maximum Gasteiger partial charge on any atom is 0.0994 e. The molecule has 0 N–H and O–H groups in total. The summed E-state index contributed by atoms with van der Waals surface area (Å²) in [6.45, 7) is 4.03. The lowest BCUT2D eigenvalue weighted by molar-refractivity contribution is 1.41. The van der Waals surface area contributed by atoms with Crippen molar-refractivity contribution in [1.29, 1.82) is 5.26 Å². The lowest BCUT2D eigenvalue weighted by Gasteiger charge is -2.02. The van der Waals surface area contributed by atoms with Crippen molar-refractivity contribution in [3.63, 3.8) is 0 Å². The van der Waals surface area contributed by atoms with E-state index in [9.17, 15) is 0 Å². The first kappa shape index (κ1) is 8.77. The van der Waals surface area contributed by atoms with Crippen LogP contribution in [0.3, 0.4) is 0 Å². The molecule has 0 aliphatic rings. The fraction of sp³-hybridized carbons (Fsp3) is 0.154. The Balaban J connectivity index is 2.82. The predicted molar refractivity (Wildman–Crippen MR) is 58.1 cm³/mol. The van der Waals surface area contributed by atoms with E-state index in [0.29, 0.717) is 0 Å². The van der Waals surface area contributed by atoms with Crippen LogP contribution in [-0.4, -0.2) is 0 Å². The number of hydrogen-bond donors (Lipinski definition) is 0. The van der Waals surface area contributed by atoms with Gasteiger partial charge in [0, 0.05) is 0 Å². The first-order valence-electron chi connectivity index (χ1n) is 4.62. The summed E-state index contributed by atoms with van der Waals surface area (Å²) in [5.41, 5.74) is 3.04. The van der Waals surface area contributed by atoms with Crippen molar-refractivity contribution in [1.82, 2.24) is 0 Å². The van der Waals surface area contributed by atoms with Crippen molar-refractivity contribution in [3.8, 4) is 6.07 Å². The number of aryl methyl sites for hydroxylation is 2. The molecular formula is C13H11N. The van der Waals surface area contributed by atoms with Gasteiger partial charge in [-0.25, -0.2) is 0 Å². The normalized spacial score (nSPS) is 10.1. The van der Waals surface area contributed by atoms with Crippen LogP contribution < -0.4 is 0 Å². The van der Waals surface area contributed by atoms with Gasteiger partial charge in [0.2, 0.25) is 0 Å². The van der Waals surface area contributed by atoms with Crippen molar-refractivity contribution in [3.05, 3.63) is 47.0 Å². The molecule has 0 saturated heterocycles. The van der Waals surface area contributed by atoms with E-state index in [2.05, 4.69) is 37.3 Å². The molecule has 0 atom stereocenters. The molecule has 1 heteroatoms. The minimum absolute atomic E-state index is 0.767. The van der Waals surface area contributed by atoms with E-state index >= 15 is 0 Å². The second-order valence-electron chi connectivity index (χ2n) is 3.63. The molecule has 0 heterocycles. The third-order valence-corrected chi connectivity index (χ3v) is 2.46. The smallest absolute Gasteiger partial charge is 0.0994 e. The molecule has 0 amide bonds. The van der Waals surface area contributed by atoms with Crippen LogP contribution in [0.1, 0.15) is 16.7 Å². The largest absolute Gasteiger partial charge is 0.192 e. The third kappa shape index (κ3) is 1.36. The highest BCUT2D eigenvalue weighted by Gasteiger charge is 2.00. The Kier molecular flexibility index (Phi) is 1.98. The van der Waals surface area contributed by atoms with E-state index in [1.807, 2.05) is 13.0 Å². The molecule has 2 aromatic carbocycles. The minimum Gasteiger partial charge on any atom is -0.192 e. The van der Waals surface area contributed by atoms with Crippen molar-refractivity contribution in [2.75, 3.05) is 0 Å². The Labute approximate surface area is 83.6 Å². The first-order chi connectivity index (χ1) is 6.70. The van der Waals surface area contributed by atoms with E-state index < -0.39 is 0 Å². The molecule has 68 valence electrons. The molecule has 0 aliphatic heterocycles. The van der Waals surface area contributed by atoms with Crippen molar-refractivity contribution >= 4 is 10.8 Å². The Morgan fingerprint density at radius 2 is 1.79 bits per heavy atom. The summed E-state index contributed by atoms with van der Waals surface area (Å²) in [5.74, 6) is 0. The summed E-state index contributed by atoms with van der Waals surface area (Å²) in [6, 6.07) is 12.5. The lowest BCUT2D eigenvalue weighted by atomic mass is 10.0. The second kappa shape index (κ2) is 3.16. The second-order valence-corrected chi connectivity index (χ2v) is 3.63. The Morgan fingerprint density at radius 3 is 2.50 bits per heavy atom. The molecule has 0 bridgehead atoms. The number of fused-ring (bicyclic) bond motifs is 1. The van der Waals surface area contributed by atoms with Crippen molar-refractivity contribution in [2.24, 2.45) is 0 Å². The van der Waals surface area contributed by atoms with E-state index in [0.717, 1.165) is 16.5 Å². The van der Waals surface area contributed by atoms with Crippen LogP contribution in [0, 0.1) is 25.2 Å². The number of benzene rings is 2. The van der Waals surface area contributed by atoms with Gasteiger partial charge >= 0.3 is 0 Å².